The summed E-state index contributed by atoms with van der Waals surface area (Å²) in [6, 6.07) is 0.421. The van der Waals surface area contributed by atoms with Crippen LogP contribution in [-0.2, 0) is 0 Å². The zero-order valence-corrected chi connectivity index (χ0v) is 7.40. The summed E-state index contributed by atoms with van der Waals surface area (Å²) in [4.78, 5) is 2.11. The maximum atomic E-state index is 9.32. The molecule has 0 unspecified atom stereocenters. The average molecular weight is 166 g/mol. The number of aliphatic hydroxyl groups is 1. The molecule has 0 aromatic heterocycles. The van der Waals surface area contributed by atoms with Crippen molar-refractivity contribution < 1.29 is 5.11 Å². The van der Waals surface area contributed by atoms with E-state index in [1.54, 1.807) is 0 Å². The van der Waals surface area contributed by atoms with Crippen molar-refractivity contribution in [2.24, 2.45) is 0 Å². The van der Waals surface area contributed by atoms with Crippen LogP contribution in [0, 0.1) is 0 Å². The Morgan fingerprint density at radius 3 is 2.10 bits per heavy atom. The summed E-state index contributed by atoms with van der Waals surface area (Å²) in [6.07, 6.45) is 3.26. The van der Waals surface area contributed by atoms with Gasteiger partial charge in [-0.05, 0) is 33.4 Å². The van der Waals surface area contributed by atoms with Crippen LogP contribution >= 0.6 is 12.4 Å². The summed E-state index contributed by atoms with van der Waals surface area (Å²) in [7, 11) is 4.05. The van der Waals surface area contributed by atoms with Gasteiger partial charge in [0.1, 0.15) is 0 Å². The third kappa shape index (κ3) is 2.11. The Morgan fingerprint density at radius 1 is 1.30 bits per heavy atom. The lowest BCUT2D eigenvalue weighted by atomic mass is 10.2. The Bertz CT molecular complexity index is 97.6. The molecule has 0 spiro atoms. The van der Waals surface area contributed by atoms with Gasteiger partial charge in [0.05, 0.1) is 6.10 Å². The van der Waals surface area contributed by atoms with E-state index in [-0.39, 0.29) is 18.5 Å². The van der Waals surface area contributed by atoms with Gasteiger partial charge in [-0.2, -0.15) is 0 Å². The lowest BCUT2D eigenvalue weighted by Gasteiger charge is -2.21. The van der Waals surface area contributed by atoms with E-state index in [1.807, 2.05) is 14.1 Å². The normalized spacial score (nSPS) is 32.4. The van der Waals surface area contributed by atoms with E-state index in [1.165, 1.54) is 6.42 Å². The fourth-order valence-electron chi connectivity index (χ4n) is 1.52. The van der Waals surface area contributed by atoms with Gasteiger partial charge in [0.2, 0.25) is 0 Å². The first-order chi connectivity index (χ1) is 4.22. The minimum Gasteiger partial charge on any atom is -0.391 e. The summed E-state index contributed by atoms with van der Waals surface area (Å²) < 4.78 is 0. The topological polar surface area (TPSA) is 23.5 Å². The molecule has 0 radical (unpaired) electrons. The van der Waals surface area contributed by atoms with E-state index < -0.39 is 0 Å². The molecule has 10 heavy (non-hydrogen) atoms. The molecule has 62 valence electrons. The quantitative estimate of drug-likeness (QED) is 0.624. The van der Waals surface area contributed by atoms with Crippen LogP contribution in [0.25, 0.3) is 0 Å². The summed E-state index contributed by atoms with van der Waals surface area (Å²) in [5, 5.41) is 9.32. The lowest BCUT2D eigenvalue weighted by Crippen LogP contribution is -2.34. The second-order valence-corrected chi connectivity index (χ2v) is 3.03. The Balaban J connectivity index is 0.000000810. The van der Waals surface area contributed by atoms with Gasteiger partial charge >= 0.3 is 0 Å². The highest BCUT2D eigenvalue weighted by molar-refractivity contribution is 5.85. The maximum Gasteiger partial charge on any atom is 0.0695 e. The first-order valence-electron chi connectivity index (χ1n) is 3.56. The number of nitrogens with zero attached hydrogens (tertiary/aromatic N) is 1. The lowest BCUT2D eigenvalue weighted by molar-refractivity contribution is 0.100. The van der Waals surface area contributed by atoms with Crippen molar-refractivity contribution in [1.82, 2.24) is 4.90 Å². The van der Waals surface area contributed by atoms with Crippen molar-refractivity contribution in [3.63, 3.8) is 0 Å². The van der Waals surface area contributed by atoms with E-state index in [9.17, 15) is 5.11 Å². The summed E-state index contributed by atoms with van der Waals surface area (Å²) >= 11 is 0. The minimum atomic E-state index is -0.0694. The average Bonchev–Trinajstić information content (AvgIpc) is 2.13. The molecule has 3 heteroatoms. The maximum absolute atomic E-state index is 9.32. The summed E-state index contributed by atoms with van der Waals surface area (Å²) in [5.41, 5.74) is 0. The van der Waals surface area contributed by atoms with Crippen LogP contribution < -0.4 is 0 Å². The second-order valence-electron chi connectivity index (χ2n) is 3.03. The second kappa shape index (κ2) is 4.16. The molecule has 0 amide bonds. The van der Waals surface area contributed by atoms with Crippen molar-refractivity contribution in [3.8, 4) is 0 Å². The molecule has 1 fully saturated rings. The van der Waals surface area contributed by atoms with Crippen molar-refractivity contribution in [1.29, 1.82) is 0 Å². The molecule has 0 heterocycles. The molecule has 0 bridgehead atoms. The Kier molecular flexibility index (Phi) is 4.25. The van der Waals surface area contributed by atoms with Crippen molar-refractivity contribution in [3.05, 3.63) is 0 Å². The monoisotopic (exact) mass is 165 g/mol. The van der Waals surface area contributed by atoms with Gasteiger partial charge in [-0.25, -0.2) is 0 Å². The van der Waals surface area contributed by atoms with Gasteiger partial charge in [0, 0.05) is 6.04 Å². The zero-order valence-electron chi connectivity index (χ0n) is 6.58. The minimum absolute atomic E-state index is 0. The number of hydrogen-bond acceptors (Lipinski definition) is 2. The van der Waals surface area contributed by atoms with E-state index in [0.717, 1.165) is 12.8 Å². The van der Waals surface area contributed by atoms with Crippen molar-refractivity contribution in [2.75, 3.05) is 14.1 Å². The molecular weight excluding hydrogens is 150 g/mol. The molecule has 1 aliphatic carbocycles. The van der Waals surface area contributed by atoms with Gasteiger partial charge in [-0.3, -0.25) is 0 Å². The molecule has 2 atom stereocenters. The molecule has 1 N–H and O–H groups in total. The highest BCUT2D eigenvalue weighted by Gasteiger charge is 2.26. The number of aliphatic hydroxyl groups excluding tert-OH is 1. The molecule has 0 saturated heterocycles. The standard InChI is InChI=1S/C7H15NO.ClH/c1-8(2)6-4-3-5-7(6)9;/h6-7,9H,3-5H2,1-2H3;1H/t6-,7+;/m0./s1. The van der Waals surface area contributed by atoms with Crippen LogP contribution in [0.2, 0.25) is 0 Å². The van der Waals surface area contributed by atoms with Crippen LogP contribution in [0.15, 0.2) is 0 Å². The molecule has 1 rings (SSSR count). The van der Waals surface area contributed by atoms with Gasteiger partial charge in [-0.1, -0.05) is 0 Å². The van der Waals surface area contributed by atoms with Crippen LogP contribution in [0.3, 0.4) is 0 Å². The predicted molar refractivity (Wildman–Crippen MR) is 44.6 cm³/mol. The molecule has 0 aromatic rings. The number of hydrogen-bond donors (Lipinski definition) is 1. The highest BCUT2D eigenvalue weighted by Crippen LogP contribution is 2.21. The van der Waals surface area contributed by atoms with Gasteiger partial charge in [0.25, 0.3) is 0 Å². The largest absolute Gasteiger partial charge is 0.391 e. The van der Waals surface area contributed by atoms with Crippen LogP contribution in [0.4, 0.5) is 0 Å². The molecule has 1 aliphatic rings. The molecule has 0 aromatic carbocycles. The number of rotatable bonds is 1. The predicted octanol–water partition coefficient (Wildman–Crippen LogP) is 0.883. The van der Waals surface area contributed by atoms with Gasteiger partial charge < -0.3 is 10.0 Å². The number of halogens is 1. The van der Waals surface area contributed by atoms with Gasteiger partial charge in [-0.15, -0.1) is 12.4 Å². The van der Waals surface area contributed by atoms with Crippen LogP contribution in [0.1, 0.15) is 19.3 Å². The number of likely N-dealkylation sites (N-methyl/N-ethyl adjacent to an activating group) is 1. The smallest absolute Gasteiger partial charge is 0.0695 e. The highest BCUT2D eigenvalue weighted by atomic mass is 35.5. The molecule has 2 nitrogen and oxygen atoms in total. The zero-order chi connectivity index (χ0) is 6.85. The van der Waals surface area contributed by atoms with Crippen molar-refractivity contribution in [2.45, 2.75) is 31.4 Å². The Morgan fingerprint density at radius 2 is 1.90 bits per heavy atom. The Labute approximate surface area is 68.6 Å². The van der Waals surface area contributed by atoms with Crippen LogP contribution in [0.5, 0.6) is 0 Å². The first kappa shape index (κ1) is 10.2. The first-order valence-corrected chi connectivity index (χ1v) is 3.56. The third-order valence-corrected chi connectivity index (χ3v) is 2.11. The van der Waals surface area contributed by atoms with E-state index in [2.05, 4.69) is 4.90 Å². The van der Waals surface area contributed by atoms with E-state index in [0.29, 0.717) is 6.04 Å². The SMILES string of the molecule is CN(C)[C@H]1CCC[C@H]1O.Cl. The molecule has 0 aliphatic heterocycles. The van der Waals surface area contributed by atoms with Crippen LogP contribution in [-0.4, -0.2) is 36.2 Å². The van der Waals surface area contributed by atoms with Crippen molar-refractivity contribution >= 4 is 12.4 Å². The fraction of sp³-hybridized carbons (Fsp3) is 1.00. The van der Waals surface area contributed by atoms with E-state index in [4.69, 9.17) is 0 Å². The molecular formula is C7H16ClNO. The van der Waals surface area contributed by atoms with E-state index >= 15 is 0 Å². The Hall–Kier alpha value is 0.210. The summed E-state index contributed by atoms with van der Waals surface area (Å²) in [5.74, 6) is 0. The fourth-order valence-corrected chi connectivity index (χ4v) is 1.52. The summed E-state index contributed by atoms with van der Waals surface area (Å²) in [6.45, 7) is 0. The molecule has 1 saturated carbocycles. The third-order valence-electron chi connectivity index (χ3n) is 2.11. The van der Waals surface area contributed by atoms with Gasteiger partial charge in [0.15, 0.2) is 0 Å².